The van der Waals surface area contributed by atoms with Crippen LogP contribution in [0.4, 0.5) is 5.69 Å². The lowest BCUT2D eigenvalue weighted by Gasteiger charge is -2.20. The molecule has 0 radical (unpaired) electrons. The van der Waals surface area contributed by atoms with Gasteiger partial charge in [0.1, 0.15) is 5.57 Å². The number of nitrogens with zero attached hydrogens (tertiary/aromatic N) is 1. The van der Waals surface area contributed by atoms with Crippen molar-refractivity contribution in [1.82, 2.24) is 10.7 Å². The molecule has 6 heteroatoms. The second-order valence-corrected chi connectivity index (χ2v) is 5.94. The zero-order valence-corrected chi connectivity index (χ0v) is 15.6. The molecule has 0 aliphatic heterocycles. The van der Waals surface area contributed by atoms with Gasteiger partial charge in [-0.05, 0) is 30.7 Å². The minimum Gasteiger partial charge on any atom is -0.352 e. The van der Waals surface area contributed by atoms with Gasteiger partial charge < -0.3 is 5.32 Å². The molecule has 2 aromatic rings. The van der Waals surface area contributed by atoms with Gasteiger partial charge in [0.15, 0.2) is 0 Å². The highest BCUT2D eigenvalue weighted by Crippen LogP contribution is 2.20. The number of anilines is 1. The molecule has 0 spiro atoms. The van der Waals surface area contributed by atoms with Gasteiger partial charge in [-0.15, -0.1) is 0 Å². The number of hydrogen-bond acceptors (Lipinski definition) is 4. The number of carbonyl (C=O) groups excluding carboxylic acids is 2. The molecule has 0 aliphatic carbocycles. The molecule has 0 heterocycles. The van der Waals surface area contributed by atoms with E-state index in [4.69, 9.17) is 11.6 Å². The van der Waals surface area contributed by atoms with Gasteiger partial charge >= 0.3 is 0 Å². The van der Waals surface area contributed by atoms with Gasteiger partial charge in [0, 0.05) is 25.4 Å². The predicted octanol–water partition coefficient (Wildman–Crippen LogP) is 3.57. The van der Waals surface area contributed by atoms with Crippen molar-refractivity contribution in [1.29, 1.82) is 0 Å². The minimum atomic E-state index is -0.437. The second kappa shape index (κ2) is 9.75. The smallest absolute Gasteiger partial charge is 0.256 e. The Bertz CT molecular complexity index is 791. The summed E-state index contributed by atoms with van der Waals surface area (Å²) in [5.74, 6) is -0.867. The summed E-state index contributed by atoms with van der Waals surface area (Å²) in [4.78, 5) is 25.6. The monoisotopic (exact) mass is 371 g/mol. The fourth-order valence-corrected chi connectivity index (χ4v) is 2.55. The van der Waals surface area contributed by atoms with Crippen LogP contribution in [-0.2, 0) is 4.79 Å². The zero-order valence-electron chi connectivity index (χ0n) is 14.8. The number of para-hydroxylation sites is 1. The largest absolute Gasteiger partial charge is 0.352 e. The third kappa shape index (κ3) is 4.94. The number of benzene rings is 2. The van der Waals surface area contributed by atoms with Gasteiger partial charge in [0.2, 0.25) is 5.78 Å². The number of nitrogens with one attached hydrogen (secondary N) is 2. The molecule has 0 bridgehead atoms. The summed E-state index contributed by atoms with van der Waals surface area (Å²) in [6.45, 7) is 2.43. The van der Waals surface area contributed by atoms with E-state index in [1.807, 2.05) is 37.3 Å². The van der Waals surface area contributed by atoms with Crippen molar-refractivity contribution in [2.75, 3.05) is 18.6 Å². The zero-order chi connectivity index (χ0) is 18.9. The summed E-state index contributed by atoms with van der Waals surface area (Å²) in [6, 6.07) is 16.1. The molecule has 0 atom stereocenters. The topological polar surface area (TPSA) is 61.4 Å². The average Bonchev–Trinajstić information content (AvgIpc) is 2.67. The molecule has 0 unspecified atom stereocenters. The molecule has 136 valence electrons. The van der Waals surface area contributed by atoms with Crippen LogP contribution in [0, 0.1) is 0 Å². The van der Waals surface area contributed by atoms with Crippen molar-refractivity contribution in [2.45, 2.75) is 13.3 Å². The summed E-state index contributed by atoms with van der Waals surface area (Å²) < 4.78 is 0. The first kappa shape index (κ1) is 19.7. The predicted molar refractivity (Wildman–Crippen MR) is 105 cm³/mol. The Morgan fingerprint density at radius 2 is 1.73 bits per heavy atom. The van der Waals surface area contributed by atoms with Gasteiger partial charge in [-0.25, -0.2) is 5.43 Å². The molecule has 5 nitrogen and oxygen atoms in total. The molecular formula is C20H22ClN3O2. The van der Waals surface area contributed by atoms with E-state index in [1.165, 1.54) is 6.20 Å². The summed E-state index contributed by atoms with van der Waals surface area (Å²) in [5, 5.41) is 4.69. The number of hydrogen-bond donors (Lipinski definition) is 2. The Hall–Kier alpha value is -2.63. The van der Waals surface area contributed by atoms with Crippen LogP contribution < -0.4 is 15.8 Å². The number of rotatable bonds is 8. The maximum Gasteiger partial charge on any atom is 0.256 e. The van der Waals surface area contributed by atoms with Crippen molar-refractivity contribution < 1.29 is 9.59 Å². The molecule has 0 saturated carbocycles. The molecule has 2 aromatic carbocycles. The van der Waals surface area contributed by atoms with Crippen LogP contribution in [-0.4, -0.2) is 25.3 Å². The quantitative estimate of drug-likeness (QED) is 0.245. The van der Waals surface area contributed by atoms with Crippen molar-refractivity contribution in [3.05, 3.63) is 77.0 Å². The molecule has 0 saturated heterocycles. The highest BCUT2D eigenvalue weighted by molar-refractivity contribution is 6.37. The molecule has 0 aromatic heterocycles. The Morgan fingerprint density at radius 3 is 2.35 bits per heavy atom. The molecule has 2 N–H and O–H groups in total. The third-order valence-corrected chi connectivity index (χ3v) is 4.01. The van der Waals surface area contributed by atoms with E-state index < -0.39 is 11.7 Å². The van der Waals surface area contributed by atoms with E-state index >= 15 is 0 Å². The summed E-state index contributed by atoms with van der Waals surface area (Å²) in [5.41, 5.74) is 4.06. The molecule has 26 heavy (non-hydrogen) atoms. The first-order valence-corrected chi connectivity index (χ1v) is 8.77. The van der Waals surface area contributed by atoms with Crippen molar-refractivity contribution in [3.63, 3.8) is 0 Å². The van der Waals surface area contributed by atoms with Crippen molar-refractivity contribution >= 4 is 29.0 Å². The Balaban J connectivity index is 2.44. The van der Waals surface area contributed by atoms with Gasteiger partial charge in [-0.3, -0.25) is 14.6 Å². The van der Waals surface area contributed by atoms with Gasteiger partial charge in [-0.1, -0.05) is 48.9 Å². The average molecular weight is 372 g/mol. The first-order valence-electron chi connectivity index (χ1n) is 8.39. The fourth-order valence-electron chi connectivity index (χ4n) is 2.33. The molecule has 0 fully saturated rings. The van der Waals surface area contributed by atoms with E-state index in [-0.39, 0.29) is 11.1 Å². The van der Waals surface area contributed by atoms with E-state index in [9.17, 15) is 9.59 Å². The van der Waals surface area contributed by atoms with Crippen LogP contribution in [0.1, 0.15) is 23.7 Å². The normalized spacial score (nSPS) is 11.1. The van der Waals surface area contributed by atoms with E-state index in [0.717, 1.165) is 12.1 Å². The summed E-state index contributed by atoms with van der Waals surface area (Å²) in [7, 11) is 1.71. The lowest BCUT2D eigenvalue weighted by Crippen LogP contribution is -2.35. The van der Waals surface area contributed by atoms with Gasteiger partial charge in [0.25, 0.3) is 5.91 Å². The third-order valence-electron chi connectivity index (χ3n) is 3.68. The van der Waals surface area contributed by atoms with Crippen molar-refractivity contribution in [2.24, 2.45) is 0 Å². The van der Waals surface area contributed by atoms with Crippen LogP contribution in [0.15, 0.2) is 66.4 Å². The van der Waals surface area contributed by atoms with Gasteiger partial charge in [0.05, 0.1) is 10.7 Å². The van der Waals surface area contributed by atoms with Gasteiger partial charge in [-0.2, -0.15) is 0 Å². The molecule has 2 rings (SSSR count). The fraction of sp³-hybridized carbons (Fsp3) is 0.200. The van der Waals surface area contributed by atoms with E-state index in [1.54, 1.807) is 36.3 Å². The number of Topliss-reactive ketones (excluding diaryl/α,β-unsaturated/α-hetero) is 1. The number of halogens is 1. The SMILES string of the molecule is CCCNC(=O)/C(=C/N(NC)c1ccccc1)C(=O)c1ccccc1Cl. The standard InChI is InChI=1S/C20H22ClN3O2/c1-3-13-23-20(26)17(19(25)16-11-7-8-12-18(16)21)14-24(22-2)15-9-5-4-6-10-15/h4-12,14,22H,3,13H2,1-2H3,(H,23,26)/b17-14+. The lowest BCUT2D eigenvalue weighted by molar-refractivity contribution is -0.117. The number of amides is 1. The molecular weight excluding hydrogens is 350 g/mol. The highest BCUT2D eigenvalue weighted by Gasteiger charge is 2.23. The summed E-state index contributed by atoms with van der Waals surface area (Å²) in [6.07, 6.45) is 2.26. The number of ketones is 1. The first-order chi connectivity index (χ1) is 12.6. The number of carbonyl (C=O) groups is 2. The maximum atomic E-state index is 13.0. The van der Waals surface area contributed by atoms with Crippen LogP contribution in [0.5, 0.6) is 0 Å². The Labute approximate surface area is 158 Å². The number of hydrazine groups is 1. The maximum absolute atomic E-state index is 13.0. The lowest BCUT2D eigenvalue weighted by atomic mass is 10.0. The second-order valence-electron chi connectivity index (χ2n) is 5.54. The Morgan fingerprint density at radius 1 is 1.08 bits per heavy atom. The van der Waals surface area contributed by atoms with Crippen LogP contribution >= 0.6 is 11.6 Å². The Kier molecular flexibility index (Phi) is 7.38. The van der Waals surface area contributed by atoms with Crippen molar-refractivity contribution in [3.8, 4) is 0 Å². The van der Waals surface area contributed by atoms with E-state index in [2.05, 4.69) is 10.7 Å². The minimum absolute atomic E-state index is 0.00440. The van der Waals surface area contributed by atoms with E-state index in [0.29, 0.717) is 11.6 Å². The van der Waals surface area contributed by atoms with Crippen LogP contribution in [0.25, 0.3) is 0 Å². The van der Waals surface area contributed by atoms with Crippen LogP contribution in [0.2, 0.25) is 5.02 Å². The molecule has 1 amide bonds. The molecule has 0 aliphatic rings. The van der Waals surface area contributed by atoms with Crippen LogP contribution in [0.3, 0.4) is 0 Å². The summed E-state index contributed by atoms with van der Waals surface area (Å²) >= 11 is 6.15. The highest BCUT2D eigenvalue weighted by atomic mass is 35.5.